The topological polar surface area (TPSA) is 306 Å². The first kappa shape index (κ1) is 114. The zero-order valence-corrected chi connectivity index (χ0v) is 80.1. The Morgan fingerprint density at radius 2 is 0.788 bits per heavy atom. The standard InChI is InChI=1S/C22H36O4.2C16H26O3.C16H28O2.2C16H26O2/c1-14(2)10-12-19(17(6)9-7-8-16(5)15(3)4)26-20-13-11-18(23)21(24)22(20)25;2*1-11(2)7-8-15(18)16(6,19)10-9-14(17)13(5)12(3)4;3*1-10(2)12(5)7-8-14-13(11(3)4)9-15(17)16(14,6)18/h7-10,18-25H,11-13H2,1-6H3;2*7,9-10,15,18-19H,8H2,1-6H3;7-8,11,13-15,17-18H,9H2,1-6H3;2*7-8,14-15,17-18H,9H2,1-6H3/b8-7+,17-9+;2*10-9+;3*8-7+/t18?,19-,20?,21?,22?;15-,16+;15-,16-;13-,14+,15+,16-;14-,15+,16+;14-,15-,16+/m000110/s1. The van der Waals surface area contributed by atoms with Gasteiger partial charge in [-0.25, -0.2) is 0 Å². The summed E-state index contributed by atoms with van der Waals surface area (Å²) in [4.78, 5) is 23.5. The fourth-order valence-corrected chi connectivity index (χ4v) is 12.8. The molecule has 118 heavy (non-hydrogen) atoms. The van der Waals surface area contributed by atoms with Crippen LogP contribution in [0.25, 0.3) is 0 Å². The van der Waals surface area contributed by atoms with Crippen molar-refractivity contribution >= 4 is 11.6 Å². The van der Waals surface area contributed by atoms with Crippen LogP contribution >= 0.6 is 0 Å². The van der Waals surface area contributed by atoms with E-state index < -0.39 is 82.9 Å². The molecule has 0 aliphatic heterocycles. The number of allylic oxidation sites excluding steroid dienone is 25. The van der Waals surface area contributed by atoms with Gasteiger partial charge in [-0.3, -0.25) is 9.59 Å². The predicted molar refractivity (Wildman–Crippen MR) is 494 cm³/mol. The lowest BCUT2D eigenvalue weighted by atomic mass is 9.80. The Kier molecular flexibility index (Phi) is 50.8. The van der Waals surface area contributed by atoms with Crippen molar-refractivity contribution < 1.29 is 80.7 Å². The number of hydrogen-bond acceptors (Lipinski definition) is 16. The number of aliphatic hydroxyl groups is 13. The Labute approximate surface area is 716 Å². The van der Waals surface area contributed by atoms with Gasteiger partial charge in [-0.05, 0) is 340 Å². The minimum Gasteiger partial charge on any atom is -0.390 e. The summed E-state index contributed by atoms with van der Waals surface area (Å²) in [7, 11) is 0. The summed E-state index contributed by atoms with van der Waals surface area (Å²) in [5.41, 5.74) is 16.3. The third-order valence-corrected chi connectivity index (χ3v) is 23.8. The molecule has 16 nitrogen and oxygen atoms in total. The van der Waals surface area contributed by atoms with Crippen molar-refractivity contribution in [2.45, 2.75) is 390 Å². The molecule has 4 rings (SSSR count). The van der Waals surface area contributed by atoms with Crippen LogP contribution in [0.3, 0.4) is 0 Å². The molecule has 0 radical (unpaired) electrons. The summed E-state index contributed by atoms with van der Waals surface area (Å²) >= 11 is 0. The largest absolute Gasteiger partial charge is 0.390 e. The lowest BCUT2D eigenvalue weighted by Gasteiger charge is -2.37. The lowest BCUT2D eigenvalue weighted by molar-refractivity contribution is -0.162. The summed E-state index contributed by atoms with van der Waals surface area (Å²) in [5.74, 6) is 0.372. The molecule has 16 heteroatoms. The minimum absolute atomic E-state index is 0.0294. The Morgan fingerprint density at radius 3 is 1.11 bits per heavy atom. The molecule has 19 atom stereocenters. The van der Waals surface area contributed by atoms with Gasteiger partial charge >= 0.3 is 0 Å². The summed E-state index contributed by atoms with van der Waals surface area (Å²) in [6.07, 6.45) is 26.3. The highest BCUT2D eigenvalue weighted by atomic mass is 16.5. The van der Waals surface area contributed by atoms with Gasteiger partial charge in [0.05, 0.1) is 65.6 Å². The highest BCUT2D eigenvalue weighted by molar-refractivity contribution is 6.04. The molecule has 0 heterocycles. The summed E-state index contributed by atoms with van der Waals surface area (Å²) < 4.78 is 6.16. The zero-order valence-electron chi connectivity index (χ0n) is 80.1. The molecule has 0 aromatic heterocycles. The smallest absolute Gasteiger partial charge is 0.181 e. The maximum Gasteiger partial charge on any atom is 0.181 e. The van der Waals surface area contributed by atoms with Gasteiger partial charge in [0, 0.05) is 17.8 Å². The maximum absolute atomic E-state index is 11.8. The molecule has 0 bridgehead atoms. The van der Waals surface area contributed by atoms with Crippen molar-refractivity contribution in [1.29, 1.82) is 0 Å². The van der Waals surface area contributed by atoms with Gasteiger partial charge in [0.2, 0.25) is 0 Å². The van der Waals surface area contributed by atoms with E-state index in [9.17, 15) is 76.0 Å². The molecule has 672 valence electrons. The van der Waals surface area contributed by atoms with E-state index in [-0.39, 0.29) is 35.4 Å². The number of rotatable bonds is 26. The van der Waals surface area contributed by atoms with E-state index in [1.807, 2.05) is 140 Å². The first-order valence-electron chi connectivity index (χ1n) is 42.5. The summed E-state index contributed by atoms with van der Waals surface area (Å²) in [5, 5.41) is 131. The van der Waals surface area contributed by atoms with Crippen molar-refractivity contribution in [2.75, 3.05) is 0 Å². The van der Waals surface area contributed by atoms with E-state index in [1.165, 1.54) is 99.5 Å². The van der Waals surface area contributed by atoms with Crippen molar-refractivity contribution in [3.8, 4) is 0 Å². The van der Waals surface area contributed by atoms with E-state index in [1.54, 1.807) is 34.6 Å². The van der Waals surface area contributed by atoms with Crippen LogP contribution in [0.1, 0.15) is 301 Å². The molecule has 4 aliphatic rings. The van der Waals surface area contributed by atoms with Crippen LogP contribution < -0.4 is 0 Å². The van der Waals surface area contributed by atoms with E-state index in [0.717, 1.165) is 39.0 Å². The van der Waals surface area contributed by atoms with Gasteiger partial charge in [0.15, 0.2) is 11.6 Å². The van der Waals surface area contributed by atoms with Crippen LogP contribution in [0.4, 0.5) is 0 Å². The molecule has 4 saturated carbocycles. The number of ether oxygens (including phenoxy) is 1. The highest BCUT2D eigenvalue weighted by Crippen LogP contribution is 2.46. The molecule has 13 N–H and O–H groups in total. The van der Waals surface area contributed by atoms with Gasteiger partial charge < -0.3 is 71.1 Å². The summed E-state index contributed by atoms with van der Waals surface area (Å²) in [6, 6.07) is 0. The van der Waals surface area contributed by atoms with Gasteiger partial charge in [0.1, 0.15) is 23.4 Å². The maximum atomic E-state index is 11.8. The molecule has 0 spiro atoms. The Hall–Kier alpha value is -5.90. The van der Waals surface area contributed by atoms with Gasteiger partial charge in [-0.15, -0.1) is 0 Å². The molecular formula is C102H168O16. The van der Waals surface area contributed by atoms with E-state index in [0.29, 0.717) is 74.3 Å². The first-order chi connectivity index (χ1) is 53.8. The fourth-order valence-electron chi connectivity index (χ4n) is 12.8. The molecule has 0 saturated heterocycles. The van der Waals surface area contributed by atoms with Crippen molar-refractivity contribution in [3.63, 3.8) is 0 Å². The van der Waals surface area contributed by atoms with Gasteiger partial charge in [0.25, 0.3) is 0 Å². The van der Waals surface area contributed by atoms with E-state index in [4.69, 9.17) is 4.74 Å². The number of carbonyl (C=O) groups is 2. The second-order valence-electron chi connectivity index (χ2n) is 37.4. The molecule has 4 fully saturated rings. The van der Waals surface area contributed by atoms with Gasteiger partial charge in [-0.2, -0.15) is 0 Å². The van der Waals surface area contributed by atoms with Crippen molar-refractivity contribution in [1.82, 2.24) is 0 Å². The fraction of sp³-hybridized carbons (Fsp3) is 0.627. The van der Waals surface area contributed by atoms with Crippen LogP contribution in [0, 0.1) is 29.6 Å². The second-order valence-corrected chi connectivity index (χ2v) is 37.4. The number of aliphatic hydroxyl groups excluding tert-OH is 8. The number of hydrogen-bond donors (Lipinski definition) is 13. The van der Waals surface area contributed by atoms with Crippen LogP contribution in [0.5, 0.6) is 0 Å². The zero-order chi connectivity index (χ0) is 92.5. The predicted octanol–water partition coefficient (Wildman–Crippen LogP) is 19.7. The molecule has 4 aliphatic carbocycles. The molecule has 0 amide bonds. The first-order valence-corrected chi connectivity index (χ1v) is 42.5. The van der Waals surface area contributed by atoms with E-state index in [2.05, 4.69) is 133 Å². The molecule has 4 unspecified atom stereocenters. The highest BCUT2D eigenvalue weighted by Gasteiger charge is 2.51. The SMILES string of the molecule is CC(C)=C(C)/C=C/[C@@H]1C(=C(C)C)C[C@H](O)[C@@]1(C)O.CC(C)=C(C)/C=C/[C@H]1C(=C(C)C)C[C@H](O)[C@]1(C)O.CC(C)=C(C)/C=C/[C@H]1[C@@H](C(C)C)C[C@H](O)[C@]1(C)O.CC(C)=CC[C@H](O)[C@@](C)(O)/C=C/C(=O)C(C)=C(C)C.CC(C)=CC[C@H](O)[C@](C)(O)/C=C/C(=O)C(C)=C(C)C.CC(C)=CC[C@H](OC1CCC(O)C(O)C1O)/C(C)=C/C=C/C(C)=C(C)C. The quantitative estimate of drug-likeness (QED) is 0.0218. The third kappa shape index (κ3) is 39.1. The van der Waals surface area contributed by atoms with Crippen LogP contribution in [-0.4, -0.2) is 167 Å². The Balaban J connectivity index is 0. The normalized spacial score (nSPS) is 26.7. The summed E-state index contributed by atoms with van der Waals surface area (Å²) in [6.45, 7) is 70.4. The Morgan fingerprint density at radius 1 is 0.449 bits per heavy atom. The molecule has 0 aromatic carbocycles. The number of carbonyl (C=O) groups excluding carboxylic acids is 2. The second kappa shape index (κ2) is 52.5. The Bertz CT molecular complexity index is 3630. The van der Waals surface area contributed by atoms with Crippen LogP contribution in [0.2, 0.25) is 0 Å². The average molecular weight is 1650 g/mol. The minimum atomic E-state index is -1.41. The third-order valence-electron chi connectivity index (χ3n) is 23.8. The van der Waals surface area contributed by atoms with E-state index >= 15 is 0 Å². The average Bonchev–Trinajstić information content (AvgIpc) is 1.64. The van der Waals surface area contributed by atoms with Crippen LogP contribution in [-0.2, 0) is 14.3 Å². The monoisotopic (exact) mass is 1650 g/mol. The number of ketones is 2. The van der Waals surface area contributed by atoms with Gasteiger partial charge in [-0.1, -0.05) is 182 Å². The van der Waals surface area contributed by atoms with Crippen molar-refractivity contribution in [2.24, 2.45) is 29.6 Å². The molecular weight excluding hydrogens is 1480 g/mol. The molecule has 0 aromatic rings. The van der Waals surface area contributed by atoms with Crippen LogP contribution in [0.15, 0.2) is 209 Å². The van der Waals surface area contributed by atoms with Crippen molar-refractivity contribution in [3.05, 3.63) is 209 Å². The lowest BCUT2D eigenvalue weighted by Crippen LogP contribution is -2.51.